The Morgan fingerprint density at radius 3 is 3.12 bits per heavy atom. The molecule has 0 N–H and O–H groups in total. The normalized spacial score (nSPS) is 13.9. The molecule has 0 fully saturated rings. The molecular formula is C12H15NO2S. The number of aryl methyl sites for hydroxylation is 1. The van der Waals surface area contributed by atoms with Gasteiger partial charge in [0.05, 0.1) is 12.4 Å². The summed E-state index contributed by atoms with van der Waals surface area (Å²) in [6.45, 7) is 0.789. The summed E-state index contributed by atoms with van der Waals surface area (Å²) in [6.07, 6.45) is 2.06. The number of hydrogen-bond donors (Lipinski definition) is 1. The second-order valence-corrected chi connectivity index (χ2v) is 4.17. The minimum absolute atomic E-state index is 0.0000103. The van der Waals surface area contributed by atoms with Gasteiger partial charge in [0.1, 0.15) is 5.75 Å². The zero-order chi connectivity index (χ0) is 11.5. The van der Waals surface area contributed by atoms with Crippen molar-refractivity contribution in [3.8, 4) is 5.75 Å². The molecule has 0 atom stereocenters. The molecule has 1 aliphatic rings. The van der Waals surface area contributed by atoms with Crippen LogP contribution in [0.15, 0.2) is 18.2 Å². The average molecular weight is 237 g/mol. The molecule has 1 amide bonds. The lowest BCUT2D eigenvalue weighted by Gasteiger charge is -2.21. The van der Waals surface area contributed by atoms with Crippen molar-refractivity contribution >= 4 is 24.2 Å². The van der Waals surface area contributed by atoms with E-state index >= 15 is 0 Å². The van der Waals surface area contributed by atoms with E-state index in [1.54, 1.807) is 11.9 Å². The van der Waals surface area contributed by atoms with Gasteiger partial charge in [-0.15, -0.1) is 0 Å². The Morgan fingerprint density at radius 1 is 1.56 bits per heavy atom. The highest BCUT2D eigenvalue weighted by Gasteiger charge is 2.14. The number of rotatable bonds is 2. The summed E-state index contributed by atoms with van der Waals surface area (Å²) in [5, 5.41) is 0. The third-order valence-corrected chi connectivity index (χ3v) is 3.06. The first kappa shape index (κ1) is 11.3. The molecule has 0 radical (unpaired) electrons. The van der Waals surface area contributed by atoms with E-state index in [0.717, 1.165) is 30.9 Å². The zero-order valence-electron chi connectivity index (χ0n) is 9.27. The molecule has 16 heavy (non-hydrogen) atoms. The number of carbonyl (C=O) groups is 1. The van der Waals surface area contributed by atoms with Crippen LogP contribution < -0.4 is 9.64 Å². The number of fused-ring (bicyclic) bond motifs is 1. The van der Waals surface area contributed by atoms with Gasteiger partial charge in [-0.1, -0.05) is 0 Å². The van der Waals surface area contributed by atoms with Crippen molar-refractivity contribution in [2.75, 3.05) is 24.3 Å². The van der Waals surface area contributed by atoms with Crippen LogP contribution in [0.5, 0.6) is 5.75 Å². The fourth-order valence-electron chi connectivity index (χ4n) is 1.81. The first-order valence-corrected chi connectivity index (χ1v) is 5.99. The van der Waals surface area contributed by atoms with Gasteiger partial charge in [0.2, 0.25) is 5.91 Å². The number of nitrogens with zero attached hydrogens (tertiary/aromatic N) is 1. The molecule has 1 heterocycles. The van der Waals surface area contributed by atoms with Gasteiger partial charge in [0.25, 0.3) is 0 Å². The summed E-state index contributed by atoms with van der Waals surface area (Å²) >= 11 is 3.99. The molecule has 86 valence electrons. The first-order valence-electron chi connectivity index (χ1n) is 5.35. The molecule has 1 aliphatic heterocycles. The van der Waals surface area contributed by atoms with Crippen molar-refractivity contribution in [3.05, 3.63) is 23.8 Å². The van der Waals surface area contributed by atoms with Gasteiger partial charge >= 0.3 is 0 Å². The predicted octanol–water partition coefficient (Wildman–Crippen LogP) is 1.90. The number of amides is 1. The second-order valence-electron chi connectivity index (χ2n) is 3.85. The molecule has 0 bridgehead atoms. The fourth-order valence-corrected chi connectivity index (χ4v) is 2.02. The van der Waals surface area contributed by atoms with E-state index in [1.165, 1.54) is 5.56 Å². The topological polar surface area (TPSA) is 29.5 Å². The van der Waals surface area contributed by atoms with Crippen LogP contribution in [0.25, 0.3) is 0 Å². The molecular weight excluding hydrogens is 222 g/mol. The van der Waals surface area contributed by atoms with Crippen molar-refractivity contribution in [2.24, 2.45) is 0 Å². The molecule has 0 unspecified atom stereocenters. The third-order valence-electron chi connectivity index (χ3n) is 2.79. The number of benzene rings is 1. The summed E-state index contributed by atoms with van der Waals surface area (Å²) in [6, 6.07) is 5.87. The Hall–Kier alpha value is -1.16. The zero-order valence-corrected chi connectivity index (χ0v) is 10.2. The quantitative estimate of drug-likeness (QED) is 0.796. The largest absolute Gasteiger partial charge is 0.493 e. The van der Waals surface area contributed by atoms with E-state index < -0.39 is 0 Å². The lowest BCUT2D eigenvalue weighted by molar-refractivity contribution is -0.115. The summed E-state index contributed by atoms with van der Waals surface area (Å²) in [5.41, 5.74) is 2.09. The molecule has 4 heteroatoms. The SMILES string of the molecule is CN(C(=O)CS)c1ccc2c(c1)CCCO2. The Morgan fingerprint density at radius 2 is 2.38 bits per heavy atom. The summed E-state index contributed by atoms with van der Waals surface area (Å²) in [7, 11) is 1.77. The van der Waals surface area contributed by atoms with E-state index in [9.17, 15) is 4.79 Å². The van der Waals surface area contributed by atoms with Crippen LogP contribution >= 0.6 is 12.6 Å². The Bertz CT molecular complexity index is 406. The minimum atomic E-state index is 0.0000103. The standard InChI is InChI=1S/C12H15NO2S/c1-13(12(14)8-16)10-4-5-11-9(7-10)3-2-6-15-11/h4-5,7,16H,2-3,6,8H2,1H3. The number of hydrogen-bond acceptors (Lipinski definition) is 3. The van der Waals surface area contributed by atoms with Crippen LogP contribution in [-0.4, -0.2) is 25.3 Å². The lowest BCUT2D eigenvalue weighted by Crippen LogP contribution is -2.27. The van der Waals surface area contributed by atoms with Crippen LogP contribution in [0.1, 0.15) is 12.0 Å². The monoisotopic (exact) mass is 237 g/mol. The molecule has 2 rings (SSSR count). The van der Waals surface area contributed by atoms with E-state index in [1.807, 2.05) is 18.2 Å². The van der Waals surface area contributed by atoms with E-state index in [0.29, 0.717) is 0 Å². The Kier molecular flexibility index (Phi) is 3.39. The predicted molar refractivity (Wildman–Crippen MR) is 67.5 cm³/mol. The van der Waals surface area contributed by atoms with Crippen molar-refractivity contribution < 1.29 is 9.53 Å². The summed E-state index contributed by atoms with van der Waals surface area (Å²) in [5.74, 6) is 1.17. The highest BCUT2D eigenvalue weighted by atomic mass is 32.1. The number of ether oxygens (including phenoxy) is 1. The molecule has 0 aliphatic carbocycles. The van der Waals surface area contributed by atoms with Crippen LogP contribution in [0, 0.1) is 0 Å². The molecule has 0 saturated carbocycles. The van der Waals surface area contributed by atoms with E-state index in [2.05, 4.69) is 12.6 Å². The van der Waals surface area contributed by atoms with Gasteiger partial charge in [0.15, 0.2) is 0 Å². The molecule has 1 aromatic rings. The van der Waals surface area contributed by atoms with Crippen LogP contribution in [0.4, 0.5) is 5.69 Å². The van der Waals surface area contributed by atoms with Gasteiger partial charge in [-0.3, -0.25) is 4.79 Å². The molecule has 0 saturated heterocycles. The smallest absolute Gasteiger partial charge is 0.236 e. The third kappa shape index (κ3) is 2.16. The maximum Gasteiger partial charge on any atom is 0.236 e. The number of carbonyl (C=O) groups excluding carboxylic acids is 1. The van der Waals surface area contributed by atoms with E-state index in [4.69, 9.17) is 4.74 Å². The van der Waals surface area contributed by atoms with Crippen molar-refractivity contribution in [2.45, 2.75) is 12.8 Å². The summed E-state index contributed by atoms with van der Waals surface area (Å²) < 4.78 is 5.53. The van der Waals surface area contributed by atoms with Crippen LogP contribution in [0.2, 0.25) is 0 Å². The van der Waals surface area contributed by atoms with Crippen molar-refractivity contribution in [1.82, 2.24) is 0 Å². The van der Waals surface area contributed by atoms with Gasteiger partial charge in [-0.2, -0.15) is 12.6 Å². The molecule has 0 aromatic heterocycles. The highest BCUT2D eigenvalue weighted by molar-refractivity contribution is 7.81. The van der Waals surface area contributed by atoms with Crippen LogP contribution in [-0.2, 0) is 11.2 Å². The lowest BCUT2D eigenvalue weighted by atomic mass is 10.1. The number of anilines is 1. The highest BCUT2D eigenvalue weighted by Crippen LogP contribution is 2.28. The second kappa shape index (κ2) is 4.78. The fraction of sp³-hybridized carbons (Fsp3) is 0.417. The van der Waals surface area contributed by atoms with Gasteiger partial charge in [0, 0.05) is 12.7 Å². The first-order chi connectivity index (χ1) is 7.72. The molecule has 3 nitrogen and oxygen atoms in total. The van der Waals surface area contributed by atoms with Crippen LogP contribution in [0.3, 0.4) is 0 Å². The molecule has 0 spiro atoms. The number of thiol groups is 1. The Balaban J connectivity index is 2.26. The van der Waals surface area contributed by atoms with Crippen molar-refractivity contribution in [3.63, 3.8) is 0 Å². The van der Waals surface area contributed by atoms with Crippen molar-refractivity contribution in [1.29, 1.82) is 0 Å². The minimum Gasteiger partial charge on any atom is -0.493 e. The van der Waals surface area contributed by atoms with Gasteiger partial charge < -0.3 is 9.64 Å². The average Bonchev–Trinajstić information content (AvgIpc) is 2.36. The molecule has 1 aromatic carbocycles. The van der Waals surface area contributed by atoms with Gasteiger partial charge in [-0.25, -0.2) is 0 Å². The maximum absolute atomic E-state index is 11.5. The summed E-state index contributed by atoms with van der Waals surface area (Å²) in [4.78, 5) is 13.1. The maximum atomic E-state index is 11.5. The van der Waals surface area contributed by atoms with E-state index in [-0.39, 0.29) is 11.7 Å². The van der Waals surface area contributed by atoms with Gasteiger partial charge in [-0.05, 0) is 36.6 Å². The Labute approximate surface area is 101 Å².